The number of hydrogen-bond acceptors (Lipinski definition) is 8. The second-order valence-electron chi connectivity index (χ2n) is 13.8. The van der Waals surface area contributed by atoms with Crippen molar-refractivity contribution in [2.75, 3.05) is 38.3 Å². The van der Waals surface area contributed by atoms with Crippen LogP contribution in [0.15, 0.2) is 73.8 Å². The van der Waals surface area contributed by atoms with Crippen molar-refractivity contribution in [2.24, 2.45) is 11.8 Å². The normalized spacial score (nSPS) is 25.7. The quantitative estimate of drug-likeness (QED) is 0.0961. The maximum Gasteiger partial charge on any atom is 0.313 e. The van der Waals surface area contributed by atoms with E-state index in [0.717, 1.165) is 16.8 Å². The lowest BCUT2D eigenvalue weighted by Gasteiger charge is -2.38. The van der Waals surface area contributed by atoms with Gasteiger partial charge in [-0.2, -0.15) is 0 Å². The van der Waals surface area contributed by atoms with Crippen LogP contribution in [-0.4, -0.2) is 95.7 Å². The van der Waals surface area contributed by atoms with Crippen LogP contribution in [0.1, 0.15) is 54.9 Å². The molecular formula is C40H50BrN3O8. The van der Waals surface area contributed by atoms with Crippen molar-refractivity contribution in [3.63, 3.8) is 0 Å². The molecule has 0 radical (unpaired) electrons. The van der Waals surface area contributed by atoms with Crippen LogP contribution in [0.5, 0.6) is 0 Å². The third-order valence-electron chi connectivity index (χ3n) is 10.4. The highest BCUT2D eigenvalue weighted by Gasteiger charge is 2.77. The number of esters is 1. The van der Waals surface area contributed by atoms with Crippen LogP contribution in [0.2, 0.25) is 0 Å². The Morgan fingerprint density at radius 2 is 1.83 bits per heavy atom. The number of fused-ring (bicyclic) bond motifs is 1. The number of hydrogen-bond donors (Lipinski definition) is 2. The lowest BCUT2D eigenvalue weighted by Crippen LogP contribution is -2.57. The average molecular weight is 781 g/mol. The second-order valence-corrected chi connectivity index (χ2v) is 15.0. The third-order valence-corrected chi connectivity index (χ3v) is 11.2. The number of benzene rings is 2. The monoisotopic (exact) mass is 779 g/mol. The van der Waals surface area contributed by atoms with E-state index in [9.17, 15) is 19.5 Å². The SMILES string of the molecule is C=CCCC(=O)N[C@H](COC)[C@H](OC(=O)[C@@H]1[C@H]2O[C@@]3(CC2Br)[C@H](C(=O)N(CC=C)c2c(C)cccc2C)N(CCCCO)C(=O)[C@@H]13)c1ccccc1. The van der Waals surface area contributed by atoms with Gasteiger partial charge in [0.05, 0.1) is 30.6 Å². The Morgan fingerprint density at radius 1 is 1.12 bits per heavy atom. The Bertz CT molecular complexity index is 1620. The van der Waals surface area contributed by atoms with Gasteiger partial charge in [-0.3, -0.25) is 19.2 Å². The van der Waals surface area contributed by atoms with Crippen LogP contribution in [0, 0.1) is 25.7 Å². The molecule has 52 heavy (non-hydrogen) atoms. The Kier molecular flexibility index (Phi) is 13.1. The molecule has 5 rings (SSSR count). The van der Waals surface area contributed by atoms with E-state index in [1.807, 2.05) is 62.4 Å². The zero-order valence-electron chi connectivity index (χ0n) is 30.2. The number of para-hydroxylation sites is 1. The number of aryl methyl sites for hydroxylation is 2. The second kappa shape index (κ2) is 17.3. The lowest BCUT2D eigenvalue weighted by atomic mass is 9.70. The number of ether oxygens (including phenoxy) is 3. The van der Waals surface area contributed by atoms with Gasteiger partial charge in [-0.15, -0.1) is 13.2 Å². The number of rotatable bonds is 18. The summed E-state index contributed by atoms with van der Waals surface area (Å²) >= 11 is 3.75. The smallest absolute Gasteiger partial charge is 0.313 e. The highest BCUT2D eigenvalue weighted by molar-refractivity contribution is 9.09. The summed E-state index contributed by atoms with van der Waals surface area (Å²) in [6.45, 7) is 11.9. The van der Waals surface area contributed by atoms with Gasteiger partial charge in [-0.25, -0.2) is 0 Å². The van der Waals surface area contributed by atoms with E-state index >= 15 is 4.79 Å². The summed E-state index contributed by atoms with van der Waals surface area (Å²) in [6, 6.07) is 13.1. The number of alkyl halides is 1. The maximum absolute atomic E-state index is 15.0. The van der Waals surface area contributed by atoms with Crippen molar-refractivity contribution in [3.8, 4) is 0 Å². The largest absolute Gasteiger partial charge is 0.455 e. The van der Waals surface area contributed by atoms with Gasteiger partial charge in [0.2, 0.25) is 11.8 Å². The first-order chi connectivity index (χ1) is 25.0. The first kappa shape index (κ1) is 39.4. The molecule has 8 atom stereocenters. The molecule has 3 heterocycles. The van der Waals surface area contributed by atoms with Crippen LogP contribution in [-0.2, 0) is 33.4 Å². The molecule has 3 aliphatic heterocycles. The number of nitrogens with one attached hydrogen (secondary N) is 1. The van der Waals surface area contributed by atoms with E-state index in [2.05, 4.69) is 34.4 Å². The fraction of sp³-hybridized carbons (Fsp3) is 0.500. The first-order valence-corrected chi connectivity index (χ1v) is 18.8. The Balaban J connectivity index is 1.54. The summed E-state index contributed by atoms with van der Waals surface area (Å²) in [5.74, 6) is -3.63. The molecule has 12 heteroatoms. The van der Waals surface area contributed by atoms with E-state index in [0.29, 0.717) is 31.2 Å². The van der Waals surface area contributed by atoms with E-state index in [1.165, 1.54) is 7.11 Å². The van der Waals surface area contributed by atoms with Gasteiger partial charge in [-0.1, -0.05) is 76.6 Å². The van der Waals surface area contributed by atoms with Gasteiger partial charge in [-0.05, 0) is 56.2 Å². The molecule has 3 amide bonds. The predicted octanol–water partition coefficient (Wildman–Crippen LogP) is 4.72. The molecule has 3 aliphatic rings. The van der Waals surface area contributed by atoms with Crippen molar-refractivity contribution in [1.29, 1.82) is 0 Å². The molecule has 0 aromatic heterocycles. The van der Waals surface area contributed by atoms with E-state index in [-0.39, 0.29) is 55.3 Å². The number of carbonyl (C=O) groups is 4. The first-order valence-electron chi connectivity index (χ1n) is 17.9. The number of amides is 3. The van der Waals surface area contributed by atoms with Crippen molar-refractivity contribution in [2.45, 2.75) is 80.7 Å². The number of aliphatic hydroxyl groups excluding tert-OH is 1. The minimum absolute atomic E-state index is 0.0529. The summed E-state index contributed by atoms with van der Waals surface area (Å²) in [6.07, 6.45) is 3.51. The van der Waals surface area contributed by atoms with Gasteiger partial charge >= 0.3 is 5.97 Å². The predicted molar refractivity (Wildman–Crippen MR) is 201 cm³/mol. The zero-order valence-corrected chi connectivity index (χ0v) is 31.8. The van der Waals surface area contributed by atoms with Crippen LogP contribution < -0.4 is 10.2 Å². The van der Waals surface area contributed by atoms with Crippen molar-refractivity contribution >= 4 is 45.3 Å². The van der Waals surface area contributed by atoms with Crippen LogP contribution in [0.3, 0.4) is 0 Å². The molecule has 2 N–H and O–H groups in total. The molecule has 1 spiro atoms. The molecule has 0 saturated carbocycles. The summed E-state index contributed by atoms with van der Waals surface area (Å²) in [5, 5.41) is 12.6. The van der Waals surface area contributed by atoms with Gasteiger partial charge < -0.3 is 34.4 Å². The molecule has 0 aliphatic carbocycles. The number of methoxy groups -OCH3 is 1. The van der Waals surface area contributed by atoms with Crippen LogP contribution >= 0.6 is 15.9 Å². The van der Waals surface area contributed by atoms with Gasteiger partial charge in [0.25, 0.3) is 5.91 Å². The average Bonchev–Trinajstić information content (AvgIpc) is 3.72. The van der Waals surface area contributed by atoms with Gasteiger partial charge in [0, 0.05) is 43.7 Å². The highest BCUT2D eigenvalue weighted by atomic mass is 79.9. The molecule has 2 aromatic rings. The van der Waals surface area contributed by atoms with Crippen molar-refractivity contribution < 1.29 is 38.5 Å². The summed E-state index contributed by atoms with van der Waals surface area (Å²) in [4.78, 5) is 60.1. The van der Waals surface area contributed by atoms with Gasteiger partial charge in [0.15, 0.2) is 0 Å². The molecule has 1 unspecified atom stereocenters. The Morgan fingerprint density at radius 3 is 2.46 bits per heavy atom. The van der Waals surface area contributed by atoms with Crippen molar-refractivity contribution in [3.05, 3.63) is 90.5 Å². The number of halogens is 1. The summed E-state index contributed by atoms with van der Waals surface area (Å²) in [5.41, 5.74) is 1.84. The van der Waals surface area contributed by atoms with Crippen LogP contribution in [0.25, 0.3) is 0 Å². The molecule has 2 bridgehead atoms. The van der Waals surface area contributed by atoms with E-state index in [4.69, 9.17) is 14.2 Å². The highest BCUT2D eigenvalue weighted by Crippen LogP contribution is 2.60. The molecular weight excluding hydrogens is 730 g/mol. The van der Waals surface area contributed by atoms with Gasteiger partial charge in [0.1, 0.15) is 17.7 Å². The summed E-state index contributed by atoms with van der Waals surface area (Å²) < 4.78 is 18.6. The fourth-order valence-electron chi connectivity index (χ4n) is 8.24. The molecule has 280 valence electrons. The van der Waals surface area contributed by atoms with E-state index < -0.39 is 47.7 Å². The minimum atomic E-state index is -1.32. The van der Waals surface area contributed by atoms with Crippen molar-refractivity contribution in [1.82, 2.24) is 10.2 Å². The Labute approximate surface area is 314 Å². The van der Waals surface area contributed by atoms with Crippen LogP contribution in [0.4, 0.5) is 5.69 Å². The fourth-order valence-corrected chi connectivity index (χ4v) is 9.18. The summed E-state index contributed by atoms with van der Waals surface area (Å²) in [7, 11) is 1.50. The Hall–Kier alpha value is -3.84. The standard InChI is InChI=1S/C40H50BrN3O8/c1-6-8-19-30(46)42-29(24-50-5)34(27-17-10-9-11-18-27)51-39(49)31-32-37(47)44(21-12-13-22-45)36(40(32)23-28(41)35(31)52-40)38(48)43(20-7-2)33-25(3)15-14-16-26(33)4/h6-7,9-11,14-18,28-29,31-32,34-36,45H,1-2,8,12-13,19-24H2,3-5H3,(H,42,46)/t28?,29-,31+,32-,34-,35+,36+,40-/m1/s1. The minimum Gasteiger partial charge on any atom is -0.455 e. The zero-order chi connectivity index (χ0) is 37.6. The number of nitrogens with zero attached hydrogens (tertiary/aromatic N) is 2. The number of anilines is 1. The number of allylic oxidation sites excluding steroid dienone is 1. The third kappa shape index (κ3) is 7.62. The molecule has 3 saturated heterocycles. The molecule has 2 aromatic carbocycles. The number of unbranched alkanes of at least 4 members (excludes halogenated alkanes) is 1. The molecule has 3 fully saturated rings. The number of likely N-dealkylation sites (tertiary alicyclic amines) is 1. The van der Waals surface area contributed by atoms with E-state index in [1.54, 1.807) is 22.0 Å². The maximum atomic E-state index is 15.0. The number of aliphatic hydroxyl groups is 1. The number of carbonyl (C=O) groups excluding carboxylic acids is 4. The molecule has 11 nitrogen and oxygen atoms in total. The topological polar surface area (TPSA) is 135 Å². The lowest BCUT2D eigenvalue weighted by molar-refractivity contribution is -0.163.